The fourth-order valence-corrected chi connectivity index (χ4v) is 4.04. The Kier molecular flexibility index (Phi) is 5.14. The van der Waals surface area contributed by atoms with Gasteiger partial charge >= 0.3 is 0 Å². The van der Waals surface area contributed by atoms with E-state index in [1.165, 1.54) is 0 Å². The predicted octanol–water partition coefficient (Wildman–Crippen LogP) is 2.95. The van der Waals surface area contributed by atoms with Crippen LogP contribution in [0.3, 0.4) is 0 Å². The van der Waals surface area contributed by atoms with Gasteiger partial charge in [-0.2, -0.15) is 5.10 Å². The van der Waals surface area contributed by atoms with Crippen LogP contribution >= 0.6 is 0 Å². The minimum atomic E-state index is -1.02. The second kappa shape index (κ2) is 7.30. The van der Waals surface area contributed by atoms with E-state index in [1.54, 1.807) is 30.5 Å². The van der Waals surface area contributed by atoms with E-state index in [0.29, 0.717) is 18.0 Å². The number of hydrogen-bond acceptors (Lipinski definition) is 3. The molecule has 1 aromatic carbocycles. The number of rotatable bonds is 4. The fraction of sp³-hybridized carbons (Fsp3) is 0.444. The van der Waals surface area contributed by atoms with Crippen molar-refractivity contribution in [2.45, 2.75) is 42.8 Å². The highest BCUT2D eigenvalue weighted by Gasteiger charge is 2.26. The quantitative estimate of drug-likeness (QED) is 0.926. The average Bonchev–Trinajstić information content (AvgIpc) is 3.15. The molecule has 1 aromatic heterocycles. The van der Waals surface area contributed by atoms with Crippen molar-refractivity contribution >= 4 is 16.7 Å². The molecule has 0 aliphatic carbocycles. The zero-order chi connectivity index (χ0) is 17.1. The zero-order valence-corrected chi connectivity index (χ0v) is 14.9. The van der Waals surface area contributed by atoms with Crippen molar-refractivity contribution in [3.8, 4) is 0 Å². The van der Waals surface area contributed by atoms with E-state index < -0.39 is 10.8 Å². The minimum Gasteiger partial charge on any atom is -0.338 e. The zero-order valence-electron chi connectivity index (χ0n) is 14.1. The van der Waals surface area contributed by atoms with Crippen molar-refractivity contribution in [2.75, 3.05) is 13.1 Å². The molecule has 0 spiro atoms. The van der Waals surface area contributed by atoms with Gasteiger partial charge in [-0.05, 0) is 43.2 Å². The van der Waals surface area contributed by atoms with Crippen LogP contribution in [0.2, 0.25) is 0 Å². The molecular formula is C18H23N3O2S. The summed E-state index contributed by atoms with van der Waals surface area (Å²) < 4.78 is 12.1. The van der Waals surface area contributed by atoms with Gasteiger partial charge in [-0.25, -0.2) is 0 Å². The summed E-state index contributed by atoms with van der Waals surface area (Å²) >= 11 is 0. The van der Waals surface area contributed by atoms with E-state index in [-0.39, 0.29) is 11.2 Å². The largest absolute Gasteiger partial charge is 0.338 e. The Balaban J connectivity index is 1.70. The Bertz CT molecular complexity index is 710. The van der Waals surface area contributed by atoms with Gasteiger partial charge in [-0.15, -0.1) is 0 Å². The van der Waals surface area contributed by atoms with E-state index in [9.17, 15) is 9.00 Å². The van der Waals surface area contributed by atoms with Crippen molar-refractivity contribution in [3.05, 3.63) is 47.8 Å². The lowest BCUT2D eigenvalue weighted by atomic mass is 9.94. The molecule has 2 aromatic rings. The van der Waals surface area contributed by atoms with Crippen LogP contribution in [-0.4, -0.2) is 43.6 Å². The number of H-pyrrole nitrogens is 1. The van der Waals surface area contributed by atoms with Crippen LogP contribution in [0.5, 0.6) is 0 Å². The molecule has 2 heterocycles. The summed E-state index contributed by atoms with van der Waals surface area (Å²) in [6.07, 6.45) is 3.81. The summed E-state index contributed by atoms with van der Waals surface area (Å²) in [6.45, 7) is 5.35. The normalized spacial score (nSPS) is 19.5. The molecule has 0 bridgehead atoms. The van der Waals surface area contributed by atoms with E-state index in [1.807, 2.05) is 24.8 Å². The molecule has 128 valence electrons. The number of likely N-dealkylation sites (tertiary alicyclic amines) is 1. The molecule has 0 radical (unpaired) electrons. The standard InChI is InChI=1S/C18H23N3O2S/c1-13(2)24(23)16-7-5-14(6-8-16)18(22)21-11-3-4-15(12-21)17-9-10-19-20-17/h5-10,13,15H,3-4,11-12H2,1-2H3,(H,19,20). The maximum Gasteiger partial charge on any atom is 0.253 e. The van der Waals surface area contributed by atoms with Gasteiger partial charge < -0.3 is 4.90 Å². The lowest BCUT2D eigenvalue weighted by molar-refractivity contribution is 0.0706. The molecule has 1 aliphatic rings. The van der Waals surface area contributed by atoms with Crippen LogP contribution in [0.15, 0.2) is 41.4 Å². The Morgan fingerprint density at radius 3 is 2.67 bits per heavy atom. The summed E-state index contributed by atoms with van der Waals surface area (Å²) in [5.74, 6) is 0.360. The Hall–Kier alpha value is -1.95. The number of nitrogens with one attached hydrogen (secondary N) is 1. The van der Waals surface area contributed by atoms with Crippen molar-refractivity contribution in [1.29, 1.82) is 0 Å². The topological polar surface area (TPSA) is 66.1 Å². The van der Waals surface area contributed by atoms with E-state index in [0.717, 1.165) is 30.0 Å². The SMILES string of the molecule is CC(C)S(=O)c1ccc(C(=O)N2CCCC(c3ccn[nH]3)C2)cc1. The van der Waals surface area contributed by atoms with Crippen LogP contribution < -0.4 is 0 Å². The molecule has 1 N–H and O–H groups in total. The third kappa shape index (κ3) is 3.59. The molecule has 1 aliphatic heterocycles. The summed E-state index contributed by atoms with van der Waals surface area (Å²) in [5.41, 5.74) is 1.75. The molecule has 2 unspecified atom stereocenters. The number of benzene rings is 1. The second-order valence-corrected chi connectivity index (χ2v) is 8.48. The minimum absolute atomic E-state index is 0.0427. The molecule has 6 heteroatoms. The first-order valence-electron chi connectivity index (χ1n) is 8.35. The first-order valence-corrected chi connectivity index (χ1v) is 9.56. The highest BCUT2D eigenvalue weighted by molar-refractivity contribution is 7.85. The highest BCUT2D eigenvalue weighted by Crippen LogP contribution is 2.26. The Morgan fingerprint density at radius 2 is 2.04 bits per heavy atom. The summed E-state index contributed by atoms with van der Waals surface area (Å²) in [4.78, 5) is 15.4. The smallest absolute Gasteiger partial charge is 0.253 e. The molecular weight excluding hydrogens is 322 g/mol. The van der Waals surface area contributed by atoms with Gasteiger partial charge in [0.05, 0.1) is 10.8 Å². The van der Waals surface area contributed by atoms with Gasteiger partial charge in [0.25, 0.3) is 5.91 Å². The van der Waals surface area contributed by atoms with Gasteiger partial charge in [-0.1, -0.05) is 13.8 Å². The van der Waals surface area contributed by atoms with E-state index >= 15 is 0 Å². The predicted molar refractivity (Wildman–Crippen MR) is 94.5 cm³/mol. The summed E-state index contributed by atoms with van der Waals surface area (Å²) in [7, 11) is -1.02. The molecule has 5 nitrogen and oxygen atoms in total. The first-order chi connectivity index (χ1) is 11.6. The molecule has 0 saturated carbocycles. The lowest BCUT2D eigenvalue weighted by Crippen LogP contribution is -2.39. The number of carbonyl (C=O) groups excluding carboxylic acids is 1. The maximum absolute atomic E-state index is 12.8. The van der Waals surface area contributed by atoms with Gasteiger partial charge in [-0.3, -0.25) is 14.1 Å². The Morgan fingerprint density at radius 1 is 1.29 bits per heavy atom. The van der Waals surface area contributed by atoms with Gasteiger partial charge in [0.1, 0.15) is 0 Å². The van der Waals surface area contributed by atoms with Crippen LogP contribution in [0.1, 0.15) is 48.7 Å². The number of amides is 1. The average molecular weight is 345 g/mol. The maximum atomic E-state index is 12.8. The van der Waals surface area contributed by atoms with E-state index in [4.69, 9.17) is 0 Å². The third-order valence-corrected chi connectivity index (χ3v) is 6.03. The molecule has 1 saturated heterocycles. The number of hydrogen-bond donors (Lipinski definition) is 1. The van der Waals surface area contributed by atoms with Crippen LogP contribution in [-0.2, 0) is 10.8 Å². The number of aromatic nitrogens is 2. The van der Waals surface area contributed by atoms with Gasteiger partial charge in [0.2, 0.25) is 0 Å². The summed E-state index contributed by atoms with van der Waals surface area (Å²) in [5, 5.41) is 7.10. The van der Waals surface area contributed by atoms with Crippen LogP contribution in [0.4, 0.5) is 0 Å². The summed E-state index contributed by atoms with van der Waals surface area (Å²) in [6, 6.07) is 9.17. The number of carbonyl (C=O) groups is 1. The Labute approximate surface area is 144 Å². The third-order valence-electron chi connectivity index (χ3n) is 4.43. The van der Waals surface area contributed by atoms with E-state index in [2.05, 4.69) is 10.2 Å². The van der Waals surface area contributed by atoms with Crippen LogP contribution in [0.25, 0.3) is 0 Å². The molecule has 24 heavy (non-hydrogen) atoms. The van der Waals surface area contributed by atoms with Crippen molar-refractivity contribution in [3.63, 3.8) is 0 Å². The molecule has 1 amide bonds. The van der Waals surface area contributed by atoms with Crippen molar-refractivity contribution in [2.24, 2.45) is 0 Å². The van der Waals surface area contributed by atoms with Gasteiger partial charge in [0.15, 0.2) is 0 Å². The number of nitrogens with zero attached hydrogens (tertiary/aromatic N) is 2. The molecule has 1 fully saturated rings. The van der Waals surface area contributed by atoms with Gasteiger partial charge in [0, 0.05) is 46.6 Å². The highest BCUT2D eigenvalue weighted by atomic mass is 32.2. The second-order valence-electron chi connectivity index (χ2n) is 6.47. The van der Waals surface area contributed by atoms with Crippen molar-refractivity contribution in [1.82, 2.24) is 15.1 Å². The fourth-order valence-electron chi connectivity index (χ4n) is 3.10. The lowest BCUT2D eigenvalue weighted by Gasteiger charge is -2.32. The number of aromatic amines is 1. The molecule has 2 atom stereocenters. The van der Waals surface area contributed by atoms with Crippen molar-refractivity contribution < 1.29 is 9.00 Å². The first kappa shape index (κ1) is 16.9. The van der Waals surface area contributed by atoms with Crippen LogP contribution in [0, 0.1) is 0 Å². The number of piperidine rings is 1. The molecule has 3 rings (SSSR count). The monoisotopic (exact) mass is 345 g/mol.